The Balaban J connectivity index is 1.94. The van der Waals surface area contributed by atoms with Crippen LogP contribution in [-0.2, 0) is 14.3 Å². The SMILES string of the molecule is CCC(C)C1CCC(C(=O)OCC2(CC)CO2)C([N+](=O)[O-])C1. The van der Waals surface area contributed by atoms with E-state index in [9.17, 15) is 14.9 Å². The first-order valence-corrected chi connectivity index (χ1v) is 8.36. The average molecular weight is 313 g/mol. The number of carbonyl (C=O) groups is 1. The third-order valence-electron chi connectivity index (χ3n) is 5.55. The summed E-state index contributed by atoms with van der Waals surface area (Å²) < 4.78 is 10.6. The first kappa shape index (κ1) is 17.2. The van der Waals surface area contributed by atoms with Gasteiger partial charge in [0.2, 0.25) is 6.04 Å². The molecule has 5 unspecified atom stereocenters. The Bertz CT molecular complexity index is 421. The van der Waals surface area contributed by atoms with Gasteiger partial charge in [0.15, 0.2) is 0 Å². The standard InChI is InChI=1S/C16H27NO5/c1-4-11(3)12-6-7-13(14(8-12)17(19)20)15(18)21-9-16(5-2)10-22-16/h11-14H,4-10H2,1-3H3. The van der Waals surface area contributed by atoms with Crippen LogP contribution in [0.1, 0.15) is 52.9 Å². The Morgan fingerprint density at radius 2 is 2.14 bits per heavy atom. The van der Waals surface area contributed by atoms with Crippen molar-refractivity contribution in [2.75, 3.05) is 13.2 Å². The minimum atomic E-state index is -0.807. The molecule has 0 aromatic carbocycles. The van der Waals surface area contributed by atoms with E-state index in [1.807, 2.05) is 6.92 Å². The second-order valence-corrected chi connectivity index (χ2v) is 6.85. The lowest BCUT2D eigenvalue weighted by atomic mass is 9.73. The van der Waals surface area contributed by atoms with Gasteiger partial charge in [-0.2, -0.15) is 0 Å². The molecule has 1 heterocycles. The van der Waals surface area contributed by atoms with E-state index in [2.05, 4.69) is 13.8 Å². The van der Waals surface area contributed by atoms with Gasteiger partial charge in [-0.05, 0) is 31.1 Å². The van der Waals surface area contributed by atoms with E-state index in [1.54, 1.807) is 0 Å². The molecule has 0 spiro atoms. The van der Waals surface area contributed by atoms with Gasteiger partial charge in [0, 0.05) is 11.3 Å². The Morgan fingerprint density at radius 1 is 1.45 bits per heavy atom. The maximum absolute atomic E-state index is 12.3. The van der Waals surface area contributed by atoms with E-state index in [0.29, 0.717) is 31.3 Å². The van der Waals surface area contributed by atoms with Gasteiger partial charge in [0.1, 0.15) is 18.1 Å². The summed E-state index contributed by atoms with van der Waals surface area (Å²) in [6.45, 7) is 7.05. The predicted octanol–water partition coefficient (Wildman–Crippen LogP) is 2.82. The Hall–Kier alpha value is -1.17. The Kier molecular flexibility index (Phi) is 5.42. The molecule has 6 nitrogen and oxygen atoms in total. The van der Waals surface area contributed by atoms with Crippen LogP contribution in [0.15, 0.2) is 0 Å². The van der Waals surface area contributed by atoms with Crippen LogP contribution in [0.2, 0.25) is 0 Å². The number of nitrogens with zero attached hydrogens (tertiary/aromatic N) is 1. The normalized spacial score (nSPS) is 35.7. The molecule has 0 amide bonds. The average Bonchev–Trinajstić information content (AvgIpc) is 3.31. The van der Waals surface area contributed by atoms with Crippen molar-refractivity contribution in [3.63, 3.8) is 0 Å². The number of epoxide rings is 1. The van der Waals surface area contributed by atoms with Crippen LogP contribution < -0.4 is 0 Å². The van der Waals surface area contributed by atoms with Gasteiger partial charge in [0.05, 0.1) is 6.61 Å². The summed E-state index contributed by atoms with van der Waals surface area (Å²) in [5.74, 6) is -0.239. The molecule has 2 fully saturated rings. The zero-order chi connectivity index (χ0) is 16.3. The summed E-state index contributed by atoms with van der Waals surface area (Å²) in [5, 5.41) is 11.4. The molecule has 5 atom stereocenters. The van der Waals surface area contributed by atoms with Gasteiger partial charge in [-0.25, -0.2) is 0 Å². The monoisotopic (exact) mass is 313 g/mol. The third-order valence-corrected chi connectivity index (χ3v) is 5.55. The lowest BCUT2D eigenvalue weighted by Gasteiger charge is -2.32. The maximum Gasteiger partial charge on any atom is 0.316 e. The molecule has 0 bridgehead atoms. The van der Waals surface area contributed by atoms with Crippen LogP contribution in [0.25, 0.3) is 0 Å². The topological polar surface area (TPSA) is 82.0 Å². The summed E-state index contributed by atoms with van der Waals surface area (Å²) in [6, 6.07) is -0.807. The molecule has 0 N–H and O–H groups in total. The van der Waals surface area contributed by atoms with Crippen molar-refractivity contribution in [2.24, 2.45) is 17.8 Å². The molecule has 1 saturated heterocycles. The smallest absolute Gasteiger partial charge is 0.316 e. The highest BCUT2D eigenvalue weighted by atomic mass is 16.6. The molecular formula is C16H27NO5. The first-order valence-electron chi connectivity index (χ1n) is 8.36. The lowest BCUT2D eigenvalue weighted by Crippen LogP contribution is -2.42. The second kappa shape index (κ2) is 6.94. The Morgan fingerprint density at radius 3 is 2.64 bits per heavy atom. The van der Waals surface area contributed by atoms with Crippen LogP contribution in [0.4, 0.5) is 0 Å². The zero-order valence-electron chi connectivity index (χ0n) is 13.7. The second-order valence-electron chi connectivity index (χ2n) is 6.85. The highest BCUT2D eigenvalue weighted by Gasteiger charge is 2.47. The molecular weight excluding hydrogens is 286 g/mol. The van der Waals surface area contributed by atoms with Gasteiger partial charge >= 0.3 is 5.97 Å². The number of ether oxygens (including phenoxy) is 2. The molecule has 0 aromatic rings. The lowest BCUT2D eigenvalue weighted by molar-refractivity contribution is -0.535. The van der Waals surface area contributed by atoms with Crippen molar-refractivity contribution in [3.05, 3.63) is 10.1 Å². The number of esters is 1. The van der Waals surface area contributed by atoms with E-state index < -0.39 is 17.9 Å². The molecule has 6 heteroatoms. The van der Waals surface area contributed by atoms with Crippen molar-refractivity contribution < 1.29 is 19.2 Å². The van der Waals surface area contributed by atoms with Gasteiger partial charge in [0.25, 0.3) is 0 Å². The first-order chi connectivity index (χ1) is 10.4. The summed E-state index contributed by atoms with van der Waals surface area (Å²) in [5.41, 5.74) is -0.326. The van der Waals surface area contributed by atoms with E-state index in [4.69, 9.17) is 9.47 Å². The molecule has 0 radical (unpaired) electrons. The molecule has 2 rings (SSSR count). The third kappa shape index (κ3) is 3.77. The predicted molar refractivity (Wildman–Crippen MR) is 81.0 cm³/mol. The molecule has 1 aliphatic carbocycles. The minimum absolute atomic E-state index is 0.220. The maximum atomic E-state index is 12.3. The van der Waals surface area contributed by atoms with Gasteiger partial charge in [-0.1, -0.05) is 27.2 Å². The molecule has 126 valence electrons. The molecule has 1 aliphatic heterocycles. The summed E-state index contributed by atoms with van der Waals surface area (Å²) >= 11 is 0. The van der Waals surface area contributed by atoms with Crippen LogP contribution in [0.3, 0.4) is 0 Å². The zero-order valence-corrected chi connectivity index (χ0v) is 13.7. The number of carbonyl (C=O) groups excluding carboxylic acids is 1. The van der Waals surface area contributed by atoms with Gasteiger partial charge < -0.3 is 9.47 Å². The largest absolute Gasteiger partial charge is 0.462 e. The fourth-order valence-corrected chi connectivity index (χ4v) is 3.34. The number of nitro groups is 1. The van der Waals surface area contributed by atoms with Crippen molar-refractivity contribution in [3.8, 4) is 0 Å². The van der Waals surface area contributed by atoms with E-state index in [1.165, 1.54) is 0 Å². The number of rotatable bonds is 7. The van der Waals surface area contributed by atoms with E-state index in [-0.39, 0.29) is 17.1 Å². The van der Waals surface area contributed by atoms with Crippen LogP contribution in [0, 0.1) is 27.9 Å². The van der Waals surface area contributed by atoms with Gasteiger partial charge in [-0.3, -0.25) is 14.9 Å². The van der Waals surface area contributed by atoms with Crippen LogP contribution in [-0.4, -0.2) is 35.7 Å². The molecule has 1 saturated carbocycles. The highest BCUT2D eigenvalue weighted by molar-refractivity contribution is 5.73. The van der Waals surface area contributed by atoms with Crippen LogP contribution >= 0.6 is 0 Å². The summed E-state index contributed by atoms with van der Waals surface area (Å²) in [4.78, 5) is 23.3. The Labute approximate surface area is 131 Å². The van der Waals surface area contributed by atoms with Crippen molar-refractivity contribution in [1.29, 1.82) is 0 Å². The van der Waals surface area contributed by atoms with E-state index >= 15 is 0 Å². The van der Waals surface area contributed by atoms with Crippen molar-refractivity contribution >= 4 is 5.97 Å². The quantitative estimate of drug-likeness (QED) is 0.312. The minimum Gasteiger partial charge on any atom is -0.462 e. The summed E-state index contributed by atoms with van der Waals surface area (Å²) in [7, 11) is 0. The fourth-order valence-electron chi connectivity index (χ4n) is 3.34. The fraction of sp³-hybridized carbons (Fsp3) is 0.938. The number of hydrogen-bond acceptors (Lipinski definition) is 5. The van der Waals surface area contributed by atoms with Gasteiger partial charge in [-0.15, -0.1) is 0 Å². The number of hydrogen-bond donors (Lipinski definition) is 0. The highest BCUT2D eigenvalue weighted by Crippen LogP contribution is 2.37. The summed E-state index contributed by atoms with van der Waals surface area (Å²) in [6.07, 6.45) is 3.71. The van der Waals surface area contributed by atoms with Crippen LogP contribution in [0.5, 0.6) is 0 Å². The molecule has 0 aromatic heterocycles. The van der Waals surface area contributed by atoms with E-state index in [0.717, 1.165) is 19.3 Å². The van der Waals surface area contributed by atoms with Crippen molar-refractivity contribution in [1.82, 2.24) is 0 Å². The van der Waals surface area contributed by atoms with Crippen molar-refractivity contribution in [2.45, 2.75) is 64.5 Å². The molecule has 22 heavy (non-hydrogen) atoms. The molecule has 2 aliphatic rings.